The van der Waals surface area contributed by atoms with E-state index < -0.39 is 0 Å². The molecule has 0 unspecified atom stereocenters. The second-order valence-electron chi connectivity index (χ2n) is 5.61. The third kappa shape index (κ3) is 4.72. The van der Waals surface area contributed by atoms with Crippen LogP contribution in [0.3, 0.4) is 0 Å². The van der Waals surface area contributed by atoms with Crippen LogP contribution < -0.4 is 20.1 Å². The van der Waals surface area contributed by atoms with E-state index in [0.29, 0.717) is 18.2 Å². The summed E-state index contributed by atoms with van der Waals surface area (Å²) in [7, 11) is 3.22. The van der Waals surface area contributed by atoms with Crippen LogP contribution in [0, 0.1) is 0 Å². The minimum Gasteiger partial charge on any atom is -0.497 e. The number of nitrogens with zero attached hydrogens (tertiary/aromatic N) is 2. The fourth-order valence-corrected chi connectivity index (χ4v) is 2.46. The van der Waals surface area contributed by atoms with Gasteiger partial charge in [-0.3, -0.25) is 4.79 Å². The zero-order chi connectivity index (χ0) is 19.1. The van der Waals surface area contributed by atoms with Crippen molar-refractivity contribution in [3.8, 4) is 11.5 Å². The highest BCUT2D eigenvalue weighted by Gasteiger charge is 2.10. The maximum Gasteiger partial charge on any atom is 0.274 e. The Kier molecular flexibility index (Phi) is 5.84. The van der Waals surface area contributed by atoms with Crippen LogP contribution in [0.15, 0.2) is 60.8 Å². The van der Waals surface area contributed by atoms with Crippen LogP contribution >= 0.6 is 0 Å². The Morgan fingerprint density at radius 3 is 2.52 bits per heavy atom. The summed E-state index contributed by atoms with van der Waals surface area (Å²) < 4.78 is 10.4. The molecule has 2 aromatic carbocycles. The molecule has 138 valence electrons. The van der Waals surface area contributed by atoms with Crippen molar-refractivity contribution in [2.75, 3.05) is 24.9 Å². The van der Waals surface area contributed by atoms with E-state index in [2.05, 4.69) is 20.6 Å². The molecule has 7 heteroatoms. The standard InChI is InChI=1S/C20H20N4O3/c1-26-16-9-7-15(8-10-16)23-19(25)17-11-12-21-20(24-17)22-13-14-5-3-4-6-18(14)27-2/h3-12H,13H2,1-2H3,(H,23,25)(H,21,22,24). The van der Waals surface area contributed by atoms with E-state index in [1.165, 1.54) is 0 Å². The van der Waals surface area contributed by atoms with Crippen LogP contribution in [-0.4, -0.2) is 30.1 Å². The second kappa shape index (κ2) is 8.66. The van der Waals surface area contributed by atoms with Gasteiger partial charge in [0.2, 0.25) is 5.95 Å². The number of amides is 1. The van der Waals surface area contributed by atoms with Crippen molar-refractivity contribution in [1.29, 1.82) is 0 Å². The van der Waals surface area contributed by atoms with Gasteiger partial charge >= 0.3 is 0 Å². The molecular weight excluding hydrogens is 344 g/mol. The zero-order valence-electron chi connectivity index (χ0n) is 15.1. The van der Waals surface area contributed by atoms with Gasteiger partial charge in [0, 0.05) is 24.0 Å². The number of benzene rings is 2. The Morgan fingerprint density at radius 1 is 1.00 bits per heavy atom. The van der Waals surface area contributed by atoms with Gasteiger partial charge in [0.15, 0.2) is 0 Å². The lowest BCUT2D eigenvalue weighted by atomic mass is 10.2. The predicted octanol–water partition coefficient (Wildman–Crippen LogP) is 3.36. The number of carbonyl (C=O) groups is 1. The highest BCUT2D eigenvalue weighted by molar-refractivity contribution is 6.02. The molecule has 0 saturated carbocycles. The molecule has 0 radical (unpaired) electrons. The lowest BCUT2D eigenvalue weighted by Crippen LogP contribution is -2.15. The molecule has 7 nitrogen and oxygen atoms in total. The number of anilines is 2. The first-order valence-electron chi connectivity index (χ1n) is 8.34. The average Bonchev–Trinajstić information content (AvgIpc) is 2.73. The van der Waals surface area contributed by atoms with Gasteiger partial charge in [-0.15, -0.1) is 0 Å². The fourth-order valence-electron chi connectivity index (χ4n) is 2.46. The van der Waals surface area contributed by atoms with E-state index in [-0.39, 0.29) is 11.6 Å². The molecule has 3 rings (SSSR count). The van der Waals surface area contributed by atoms with Crippen LogP contribution in [0.2, 0.25) is 0 Å². The summed E-state index contributed by atoms with van der Waals surface area (Å²) in [6.45, 7) is 0.480. The number of ether oxygens (including phenoxy) is 2. The molecular formula is C20H20N4O3. The van der Waals surface area contributed by atoms with E-state index in [1.54, 1.807) is 50.7 Å². The van der Waals surface area contributed by atoms with Gasteiger partial charge < -0.3 is 20.1 Å². The minimum absolute atomic E-state index is 0.267. The molecule has 0 atom stereocenters. The van der Waals surface area contributed by atoms with Crippen molar-refractivity contribution in [2.45, 2.75) is 6.54 Å². The van der Waals surface area contributed by atoms with E-state index in [1.807, 2.05) is 24.3 Å². The fraction of sp³-hybridized carbons (Fsp3) is 0.150. The molecule has 27 heavy (non-hydrogen) atoms. The molecule has 0 bridgehead atoms. The van der Waals surface area contributed by atoms with Crippen molar-refractivity contribution in [2.24, 2.45) is 0 Å². The van der Waals surface area contributed by atoms with Gasteiger partial charge in [0.25, 0.3) is 5.91 Å². The van der Waals surface area contributed by atoms with Crippen molar-refractivity contribution < 1.29 is 14.3 Å². The van der Waals surface area contributed by atoms with Crippen LogP contribution in [0.25, 0.3) is 0 Å². The summed E-state index contributed by atoms with van der Waals surface area (Å²) in [5.74, 6) is 1.54. The molecule has 0 aliphatic carbocycles. The zero-order valence-corrected chi connectivity index (χ0v) is 15.1. The Bertz CT molecular complexity index is 913. The van der Waals surface area contributed by atoms with Crippen molar-refractivity contribution >= 4 is 17.5 Å². The highest BCUT2D eigenvalue weighted by Crippen LogP contribution is 2.18. The van der Waals surface area contributed by atoms with Gasteiger partial charge in [-0.1, -0.05) is 18.2 Å². The summed E-state index contributed by atoms with van der Waals surface area (Å²) in [5, 5.41) is 5.91. The molecule has 3 aromatic rings. The van der Waals surface area contributed by atoms with Crippen LogP contribution in [0.5, 0.6) is 11.5 Å². The quantitative estimate of drug-likeness (QED) is 0.669. The monoisotopic (exact) mass is 364 g/mol. The van der Waals surface area contributed by atoms with Gasteiger partial charge in [-0.05, 0) is 36.4 Å². The maximum atomic E-state index is 12.4. The smallest absolute Gasteiger partial charge is 0.274 e. The maximum absolute atomic E-state index is 12.4. The Hall–Kier alpha value is -3.61. The largest absolute Gasteiger partial charge is 0.497 e. The summed E-state index contributed by atoms with van der Waals surface area (Å²) in [5.41, 5.74) is 1.89. The Labute approximate surface area is 157 Å². The molecule has 1 aromatic heterocycles. The van der Waals surface area contributed by atoms with E-state index in [0.717, 1.165) is 17.1 Å². The molecule has 2 N–H and O–H groups in total. The number of carbonyl (C=O) groups excluding carboxylic acids is 1. The number of para-hydroxylation sites is 1. The van der Waals surface area contributed by atoms with Crippen LogP contribution in [-0.2, 0) is 6.54 Å². The predicted molar refractivity (Wildman–Crippen MR) is 103 cm³/mol. The highest BCUT2D eigenvalue weighted by atomic mass is 16.5. The molecule has 1 heterocycles. The molecule has 1 amide bonds. The molecule has 0 aliphatic heterocycles. The lowest BCUT2D eigenvalue weighted by Gasteiger charge is -2.10. The number of hydrogen-bond donors (Lipinski definition) is 2. The number of aromatic nitrogens is 2. The van der Waals surface area contributed by atoms with E-state index in [4.69, 9.17) is 9.47 Å². The van der Waals surface area contributed by atoms with Crippen LogP contribution in [0.4, 0.5) is 11.6 Å². The third-order valence-electron chi connectivity index (χ3n) is 3.87. The first-order chi connectivity index (χ1) is 13.2. The molecule has 0 fully saturated rings. The number of hydrogen-bond acceptors (Lipinski definition) is 6. The summed E-state index contributed by atoms with van der Waals surface area (Å²) in [6, 6.07) is 16.3. The number of nitrogens with one attached hydrogen (secondary N) is 2. The first-order valence-corrected chi connectivity index (χ1v) is 8.34. The minimum atomic E-state index is -0.317. The number of rotatable bonds is 7. The molecule has 0 aliphatic rings. The van der Waals surface area contributed by atoms with Gasteiger partial charge in [-0.2, -0.15) is 0 Å². The van der Waals surface area contributed by atoms with Crippen LogP contribution in [0.1, 0.15) is 16.1 Å². The summed E-state index contributed by atoms with van der Waals surface area (Å²) >= 11 is 0. The summed E-state index contributed by atoms with van der Waals surface area (Å²) in [6.07, 6.45) is 1.54. The van der Waals surface area contributed by atoms with E-state index >= 15 is 0 Å². The van der Waals surface area contributed by atoms with E-state index in [9.17, 15) is 4.79 Å². The van der Waals surface area contributed by atoms with Gasteiger partial charge in [0.05, 0.1) is 14.2 Å². The Morgan fingerprint density at radius 2 is 1.78 bits per heavy atom. The SMILES string of the molecule is COc1ccc(NC(=O)c2ccnc(NCc3ccccc3OC)n2)cc1. The Balaban J connectivity index is 1.66. The lowest BCUT2D eigenvalue weighted by molar-refractivity contribution is 0.102. The molecule has 0 spiro atoms. The average molecular weight is 364 g/mol. The first kappa shape index (κ1) is 18.2. The van der Waals surface area contributed by atoms with Crippen molar-refractivity contribution in [3.63, 3.8) is 0 Å². The van der Waals surface area contributed by atoms with Crippen molar-refractivity contribution in [3.05, 3.63) is 72.1 Å². The second-order valence-corrected chi connectivity index (χ2v) is 5.61. The molecule has 0 saturated heterocycles. The van der Waals surface area contributed by atoms with Crippen molar-refractivity contribution in [1.82, 2.24) is 9.97 Å². The van der Waals surface area contributed by atoms with Gasteiger partial charge in [-0.25, -0.2) is 9.97 Å². The topological polar surface area (TPSA) is 85.4 Å². The van der Waals surface area contributed by atoms with Gasteiger partial charge in [0.1, 0.15) is 17.2 Å². The summed E-state index contributed by atoms with van der Waals surface area (Å²) in [4.78, 5) is 20.9. The third-order valence-corrected chi connectivity index (χ3v) is 3.87. The number of methoxy groups -OCH3 is 2. The normalized spacial score (nSPS) is 10.1.